The number of hydrogen-bond acceptors (Lipinski definition) is 3. The zero-order valence-corrected chi connectivity index (χ0v) is 13.2. The number of guanidine groups is 1. The molecule has 1 aromatic rings. The fourth-order valence-electron chi connectivity index (χ4n) is 1.94. The predicted molar refractivity (Wildman–Crippen MR) is 87.5 cm³/mol. The zero-order chi connectivity index (χ0) is 15.8. The van der Waals surface area contributed by atoms with Gasteiger partial charge in [-0.25, -0.2) is 0 Å². The van der Waals surface area contributed by atoms with E-state index in [9.17, 15) is 4.79 Å². The Morgan fingerprint density at radius 1 is 1.36 bits per heavy atom. The van der Waals surface area contributed by atoms with Crippen molar-refractivity contribution in [3.8, 4) is 5.75 Å². The summed E-state index contributed by atoms with van der Waals surface area (Å²) in [4.78, 5) is 16.5. The van der Waals surface area contributed by atoms with E-state index >= 15 is 0 Å². The van der Waals surface area contributed by atoms with Crippen molar-refractivity contribution in [2.24, 2.45) is 4.99 Å². The lowest BCUT2D eigenvalue weighted by Gasteiger charge is -2.10. The van der Waals surface area contributed by atoms with Crippen LogP contribution in [-0.4, -0.2) is 44.7 Å². The second kappa shape index (κ2) is 8.26. The Balaban J connectivity index is 1.77. The van der Waals surface area contributed by atoms with Gasteiger partial charge in [0.05, 0.1) is 13.7 Å². The molecule has 1 aliphatic carbocycles. The molecular weight excluding hydrogens is 280 g/mol. The third-order valence-corrected chi connectivity index (χ3v) is 3.26. The lowest BCUT2D eigenvalue weighted by Crippen LogP contribution is -2.39. The first-order chi connectivity index (χ1) is 10.7. The summed E-state index contributed by atoms with van der Waals surface area (Å²) in [6.07, 6.45) is 2.41. The molecule has 1 aromatic carbocycles. The Kier molecular flexibility index (Phi) is 6.06. The fraction of sp³-hybridized carbons (Fsp3) is 0.500. The molecule has 0 aromatic heterocycles. The number of carbonyl (C=O) groups excluding carboxylic acids is 1. The minimum Gasteiger partial charge on any atom is -0.497 e. The Bertz CT molecular complexity index is 527. The second-order valence-electron chi connectivity index (χ2n) is 5.17. The van der Waals surface area contributed by atoms with Gasteiger partial charge in [0.2, 0.25) is 0 Å². The molecule has 1 aliphatic rings. The Morgan fingerprint density at radius 2 is 2.18 bits per heavy atom. The average Bonchev–Trinajstić information content (AvgIpc) is 3.35. The van der Waals surface area contributed by atoms with Crippen LogP contribution in [0.4, 0.5) is 0 Å². The van der Waals surface area contributed by atoms with E-state index in [4.69, 9.17) is 4.74 Å². The summed E-state index contributed by atoms with van der Waals surface area (Å²) in [6.45, 7) is 3.90. The number of hydrogen-bond donors (Lipinski definition) is 3. The average molecular weight is 304 g/mol. The molecule has 0 unspecified atom stereocenters. The number of nitrogens with one attached hydrogen (secondary N) is 3. The van der Waals surface area contributed by atoms with Gasteiger partial charge in [-0.3, -0.25) is 9.79 Å². The van der Waals surface area contributed by atoms with Gasteiger partial charge in [0.15, 0.2) is 5.96 Å². The quantitative estimate of drug-likeness (QED) is 0.401. The SMILES string of the molecule is CCNC(=NCCNC(=O)c1cccc(OC)c1)NC1CC1. The van der Waals surface area contributed by atoms with Gasteiger partial charge >= 0.3 is 0 Å². The first-order valence-corrected chi connectivity index (χ1v) is 7.70. The van der Waals surface area contributed by atoms with Crippen molar-refractivity contribution in [2.75, 3.05) is 26.7 Å². The summed E-state index contributed by atoms with van der Waals surface area (Å²) in [7, 11) is 1.58. The minimum absolute atomic E-state index is 0.116. The maximum atomic E-state index is 12.0. The monoisotopic (exact) mass is 304 g/mol. The summed E-state index contributed by atoms with van der Waals surface area (Å²) in [5.41, 5.74) is 0.589. The van der Waals surface area contributed by atoms with E-state index in [1.807, 2.05) is 13.0 Å². The molecule has 22 heavy (non-hydrogen) atoms. The van der Waals surface area contributed by atoms with Crippen LogP contribution in [0.3, 0.4) is 0 Å². The standard InChI is InChI=1S/C16H24N4O2/c1-3-17-16(20-13-7-8-13)19-10-9-18-15(21)12-5-4-6-14(11-12)22-2/h4-6,11,13H,3,7-10H2,1-2H3,(H,18,21)(H2,17,19,20). The molecule has 2 rings (SSSR count). The van der Waals surface area contributed by atoms with Crippen molar-refractivity contribution in [3.05, 3.63) is 29.8 Å². The molecular formula is C16H24N4O2. The lowest BCUT2D eigenvalue weighted by atomic mass is 10.2. The molecule has 3 N–H and O–H groups in total. The number of carbonyl (C=O) groups is 1. The predicted octanol–water partition coefficient (Wildman–Crippen LogP) is 1.14. The number of nitrogens with zero attached hydrogens (tertiary/aromatic N) is 1. The van der Waals surface area contributed by atoms with Crippen molar-refractivity contribution in [1.29, 1.82) is 0 Å². The Hall–Kier alpha value is -2.24. The number of methoxy groups -OCH3 is 1. The number of rotatable bonds is 7. The van der Waals surface area contributed by atoms with Crippen LogP contribution < -0.4 is 20.7 Å². The molecule has 0 atom stereocenters. The highest BCUT2D eigenvalue weighted by Crippen LogP contribution is 2.18. The molecule has 0 aliphatic heterocycles. The van der Waals surface area contributed by atoms with E-state index in [0.29, 0.717) is 30.4 Å². The van der Waals surface area contributed by atoms with Crippen molar-refractivity contribution in [3.63, 3.8) is 0 Å². The molecule has 0 heterocycles. The zero-order valence-electron chi connectivity index (χ0n) is 13.2. The molecule has 6 heteroatoms. The van der Waals surface area contributed by atoms with E-state index < -0.39 is 0 Å². The number of amides is 1. The summed E-state index contributed by atoms with van der Waals surface area (Å²) >= 11 is 0. The van der Waals surface area contributed by atoms with E-state index in [0.717, 1.165) is 12.5 Å². The van der Waals surface area contributed by atoms with E-state index in [1.165, 1.54) is 12.8 Å². The maximum absolute atomic E-state index is 12.0. The van der Waals surface area contributed by atoms with Gasteiger partial charge < -0.3 is 20.7 Å². The summed E-state index contributed by atoms with van der Waals surface area (Å²) in [6, 6.07) is 7.66. The van der Waals surface area contributed by atoms with Crippen molar-refractivity contribution in [1.82, 2.24) is 16.0 Å². The van der Waals surface area contributed by atoms with Crippen LogP contribution >= 0.6 is 0 Å². The molecule has 0 bridgehead atoms. The molecule has 1 fully saturated rings. The Morgan fingerprint density at radius 3 is 2.86 bits per heavy atom. The van der Waals surface area contributed by atoms with E-state index in [1.54, 1.807) is 25.3 Å². The molecule has 120 valence electrons. The number of benzene rings is 1. The smallest absolute Gasteiger partial charge is 0.251 e. The van der Waals surface area contributed by atoms with Gasteiger partial charge in [-0.1, -0.05) is 6.07 Å². The van der Waals surface area contributed by atoms with Gasteiger partial charge in [-0.2, -0.15) is 0 Å². The Labute approximate surface area is 131 Å². The van der Waals surface area contributed by atoms with Crippen molar-refractivity contribution < 1.29 is 9.53 Å². The van der Waals surface area contributed by atoms with Crippen LogP contribution in [0.2, 0.25) is 0 Å². The van der Waals surface area contributed by atoms with Crippen molar-refractivity contribution in [2.45, 2.75) is 25.8 Å². The molecule has 1 saturated carbocycles. The van der Waals surface area contributed by atoms with Gasteiger partial charge in [0.25, 0.3) is 5.91 Å². The van der Waals surface area contributed by atoms with E-state index in [2.05, 4.69) is 20.9 Å². The molecule has 0 saturated heterocycles. The third-order valence-electron chi connectivity index (χ3n) is 3.26. The van der Waals surface area contributed by atoms with Crippen LogP contribution in [0.5, 0.6) is 5.75 Å². The van der Waals surface area contributed by atoms with Crippen LogP contribution in [0.1, 0.15) is 30.1 Å². The van der Waals surface area contributed by atoms with Gasteiger partial charge in [0, 0.05) is 24.7 Å². The summed E-state index contributed by atoms with van der Waals surface area (Å²) in [5, 5.41) is 9.39. The first kappa shape index (κ1) is 16.1. The molecule has 0 spiro atoms. The summed E-state index contributed by atoms with van der Waals surface area (Å²) < 4.78 is 5.11. The largest absolute Gasteiger partial charge is 0.497 e. The second-order valence-corrected chi connectivity index (χ2v) is 5.17. The highest BCUT2D eigenvalue weighted by molar-refractivity contribution is 5.94. The van der Waals surface area contributed by atoms with Gasteiger partial charge in [-0.15, -0.1) is 0 Å². The van der Waals surface area contributed by atoms with Gasteiger partial charge in [0.1, 0.15) is 5.75 Å². The molecule has 6 nitrogen and oxygen atoms in total. The van der Waals surface area contributed by atoms with Crippen LogP contribution in [0, 0.1) is 0 Å². The topological polar surface area (TPSA) is 74.8 Å². The lowest BCUT2D eigenvalue weighted by molar-refractivity contribution is 0.0954. The van der Waals surface area contributed by atoms with E-state index in [-0.39, 0.29) is 5.91 Å². The van der Waals surface area contributed by atoms with Crippen molar-refractivity contribution >= 4 is 11.9 Å². The minimum atomic E-state index is -0.116. The van der Waals surface area contributed by atoms with Crippen LogP contribution in [0.15, 0.2) is 29.3 Å². The van der Waals surface area contributed by atoms with Crippen LogP contribution in [-0.2, 0) is 0 Å². The fourth-order valence-corrected chi connectivity index (χ4v) is 1.94. The molecule has 0 radical (unpaired) electrons. The van der Waals surface area contributed by atoms with Gasteiger partial charge in [-0.05, 0) is 38.0 Å². The first-order valence-electron chi connectivity index (χ1n) is 7.70. The highest BCUT2D eigenvalue weighted by atomic mass is 16.5. The maximum Gasteiger partial charge on any atom is 0.251 e. The highest BCUT2D eigenvalue weighted by Gasteiger charge is 2.21. The normalized spacial score (nSPS) is 14.4. The van der Waals surface area contributed by atoms with Crippen LogP contribution in [0.25, 0.3) is 0 Å². The third kappa shape index (κ3) is 5.27. The number of ether oxygens (including phenoxy) is 1. The number of aliphatic imine (C=N–C) groups is 1. The molecule has 1 amide bonds. The summed E-state index contributed by atoms with van der Waals surface area (Å²) in [5.74, 6) is 1.38.